The topological polar surface area (TPSA) is 9.23 Å². The average molecular weight is 343 g/mol. The monoisotopic (exact) mass is 342 g/mol. The fourth-order valence-corrected chi connectivity index (χ4v) is 2.52. The molecule has 1 fully saturated rings. The Morgan fingerprint density at radius 2 is 1.64 bits per heavy atom. The molecule has 0 amide bonds. The highest BCUT2D eigenvalue weighted by atomic mass is 16.5. The van der Waals surface area contributed by atoms with Crippen molar-refractivity contribution in [3.63, 3.8) is 0 Å². The van der Waals surface area contributed by atoms with Gasteiger partial charge in [-0.3, -0.25) is 0 Å². The van der Waals surface area contributed by atoms with Gasteiger partial charge in [-0.25, -0.2) is 0 Å². The van der Waals surface area contributed by atoms with Crippen LogP contribution in [0.25, 0.3) is 0 Å². The molecule has 25 heavy (non-hydrogen) atoms. The van der Waals surface area contributed by atoms with Gasteiger partial charge >= 0.3 is 0 Å². The molecule has 0 unspecified atom stereocenters. The van der Waals surface area contributed by atoms with Gasteiger partial charge in [0.05, 0.1) is 0 Å². The lowest BCUT2D eigenvalue weighted by Gasteiger charge is -2.30. The van der Waals surface area contributed by atoms with Crippen molar-refractivity contribution in [2.24, 2.45) is 11.3 Å². The van der Waals surface area contributed by atoms with Crippen LogP contribution >= 0.6 is 0 Å². The normalized spacial score (nSPS) is 16.8. The third-order valence-corrected chi connectivity index (χ3v) is 4.43. The van der Waals surface area contributed by atoms with Gasteiger partial charge in [-0.15, -0.1) is 0 Å². The molecule has 0 atom stereocenters. The maximum Gasteiger partial charge on any atom is 0.126 e. The largest absolute Gasteiger partial charge is 0.461 e. The quantitative estimate of drug-likeness (QED) is 0.337. The van der Waals surface area contributed by atoms with Crippen LogP contribution in [0.5, 0.6) is 0 Å². The number of hydrogen-bond acceptors (Lipinski definition) is 1. The summed E-state index contributed by atoms with van der Waals surface area (Å²) in [6.45, 7) is 26.6. The van der Waals surface area contributed by atoms with Crippen LogP contribution in [-0.4, -0.2) is 0 Å². The van der Waals surface area contributed by atoms with Crippen LogP contribution in [0.15, 0.2) is 72.3 Å². The van der Waals surface area contributed by atoms with Gasteiger partial charge < -0.3 is 4.74 Å². The van der Waals surface area contributed by atoms with Crippen molar-refractivity contribution in [3.8, 4) is 0 Å². The summed E-state index contributed by atoms with van der Waals surface area (Å²) in [7, 11) is 0. The Morgan fingerprint density at radius 1 is 1.08 bits per heavy atom. The van der Waals surface area contributed by atoms with Crippen molar-refractivity contribution in [2.45, 2.75) is 67.7 Å². The molecule has 0 aromatic carbocycles. The number of rotatable bonds is 7. The third-order valence-electron chi connectivity index (χ3n) is 4.43. The van der Waals surface area contributed by atoms with E-state index in [9.17, 15) is 0 Å². The predicted octanol–water partition coefficient (Wildman–Crippen LogP) is 7.91. The molecule has 0 aromatic heterocycles. The molecule has 1 aliphatic carbocycles. The molecular weight excluding hydrogens is 304 g/mol. The van der Waals surface area contributed by atoms with Crippen LogP contribution in [0.1, 0.15) is 67.7 Å². The summed E-state index contributed by atoms with van der Waals surface area (Å²) >= 11 is 0. The van der Waals surface area contributed by atoms with E-state index in [4.69, 9.17) is 4.74 Å². The fraction of sp³-hybridized carbons (Fsp3) is 0.500. The van der Waals surface area contributed by atoms with Gasteiger partial charge in [0.15, 0.2) is 0 Å². The minimum absolute atomic E-state index is 0.0416. The molecule has 0 radical (unpaired) electrons. The van der Waals surface area contributed by atoms with Crippen LogP contribution in [0.2, 0.25) is 0 Å². The summed E-state index contributed by atoms with van der Waals surface area (Å²) in [5.41, 5.74) is 3.32. The number of hydrogen-bond donors (Lipinski definition) is 0. The average Bonchev–Trinajstić information content (AvgIpc) is 2.53. The molecule has 140 valence electrons. The molecule has 1 saturated carbocycles. The van der Waals surface area contributed by atoms with E-state index in [2.05, 4.69) is 53.5 Å². The van der Waals surface area contributed by atoms with Gasteiger partial charge in [0.2, 0.25) is 0 Å². The van der Waals surface area contributed by atoms with E-state index in [-0.39, 0.29) is 5.41 Å². The van der Waals surface area contributed by atoms with Crippen molar-refractivity contribution in [2.75, 3.05) is 0 Å². The van der Waals surface area contributed by atoms with Crippen molar-refractivity contribution in [1.29, 1.82) is 0 Å². The smallest absolute Gasteiger partial charge is 0.126 e. The van der Waals surface area contributed by atoms with E-state index < -0.39 is 0 Å². The molecule has 0 heterocycles. The minimum Gasteiger partial charge on any atom is -0.461 e. The number of allylic oxidation sites excluding steroid dienone is 7. The Balaban J connectivity index is 0.00000277. The molecule has 0 spiro atoms. The highest BCUT2D eigenvalue weighted by molar-refractivity contribution is 5.42. The molecule has 1 aliphatic rings. The summed E-state index contributed by atoms with van der Waals surface area (Å²) in [6.07, 6.45) is 11.6. The zero-order valence-corrected chi connectivity index (χ0v) is 17.5. The molecule has 0 aromatic rings. The maximum absolute atomic E-state index is 6.18. The summed E-state index contributed by atoms with van der Waals surface area (Å²) in [5.74, 6) is 2.23. The first-order chi connectivity index (χ1) is 11.7. The lowest BCUT2D eigenvalue weighted by Crippen LogP contribution is -2.17. The lowest BCUT2D eigenvalue weighted by atomic mass is 9.82. The third kappa shape index (κ3) is 6.94. The van der Waals surface area contributed by atoms with Crippen molar-refractivity contribution in [1.82, 2.24) is 0 Å². The maximum atomic E-state index is 6.18. The van der Waals surface area contributed by atoms with Gasteiger partial charge in [0.25, 0.3) is 0 Å². The van der Waals surface area contributed by atoms with E-state index in [1.54, 1.807) is 0 Å². The Hall–Kier alpha value is -1.76. The molecule has 1 rings (SSSR count). The van der Waals surface area contributed by atoms with Crippen LogP contribution in [-0.2, 0) is 4.74 Å². The van der Waals surface area contributed by atoms with Crippen molar-refractivity contribution in [3.05, 3.63) is 72.3 Å². The van der Waals surface area contributed by atoms with Crippen LogP contribution < -0.4 is 0 Å². The zero-order valence-electron chi connectivity index (χ0n) is 17.5. The van der Waals surface area contributed by atoms with Gasteiger partial charge in [-0.05, 0) is 49.3 Å². The van der Waals surface area contributed by atoms with E-state index in [0.29, 0.717) is 11.7 Å². The first-order valence-corrected chi connectivity index (χ1v) is 9.45. The Kier molecular flexibility index (Phi) is 10.2. The lowest BCUT2D eigenvalue weighted by molar-refractivity contribution is 0.205. The Bertz CT molecular complexity index is 557. The Morgan fingerprint density at radius 3 is 1.96 bits per heavy atom. The second kappa shape index (κ2) is 11.0. The van der Waals surface area contributed by atoms with E-state index in [0.717, 1.165) is 16.9 Å². The van der Waals surface area contributed by atoms with Gasteiger partial charge in [-0.2, -0.15) is 0 Å². The minimum atomic E-state index is 0.0416. The van der Waals surface area contributed by atoms with Gasteiger partial charge in [-0.1, -0.05) is 79.0 Å². The molecule has 1 heteroatoms. The summed E-state index contributed by atoms with van der Waals surface area (Å²) in [4.78, 5) is 0. The molecule has 0 N–H and O–H groups in total. The second-order valence-electron chi connectivity index (χ2n) is 7.20. The van der Waals surface area contributed by atoms with Gasteiger partial charge in [0, 0.05) is 11.5 Å². The van der Waals surface area contributed by atoms with Crippen molar-refractivity contribution >= 4 is 0 Å². The molecule has 0 saturated heterocycles. The molecule has 0 bridgehead atoms. The zero-order chi connectivity index (χ0) is 19.6. The summed E-state index contributed by atoms with van der Waals surface area (Å²) < 4.78 is 6.18. The van der Waals surface area contributed by atoms with Crippen LogP contribution in [0, 0.1) is 11.3 Å². The first-order valence-electron chi connectivity index (χ1n) is 9.45. The highest BCUT2D eigenvalue weighted by Gasteiger charge is 2.26. The number of ether oxygens (including phenoxy) is 1. The molecule has 0 aliphatic heterocycles. The molecular formula is C24H38O. The highest BCUT2D eigenvalue weighted by Crippen LogP contribution is 2.37. The second-order valence-corrected chi connectivity index (χ2v) is 7.20. The first kappa shape index (κ1) is 23.2. The SMILES string of the molecule is C=C/C(=C\C(=C/C)C(=C)O/C(=C(\C)C=C)C1CCC1)C(C)(C)C.CC. The Labute approximate surface area is 156 Å². The van der Waals surface area contributed by atoms with Crippen LogP contribution in [0.3, 0.4) is 0 Å². The van der Waals surface area contributed by atoms with Crippen LogP contribution in [0.4, 0.5) is 0 Å². The van der Waals surface area contributed by atoms with E-state index in [1.165, 1.54) is 24.8 Å². The van der Waals surface area contributed by atoms with E-state index >= 15 is 0 Å². The standard InChI is InChI=1S/C22H32O.C2H6/c1-9-16(4)21(19-13-12-14-19)23-17(5)18(10-2)15-20(11-3)22(6,7)8;1-2/h9-11,15,19H,1,3,5,12-14H2,2,4,6-8H3;1-2H3/b18-10+,20-15+,21-16+;. The summed E-state index contributed by atoms with van der Waals surface area (Å²) in [5, 5.41) is 0. The predicted molar refractivity (Wildman–Crippen MR) is 113 cm³/mol. The summed E-state index contributed by atoms with van der Waals surface area (Å²) in [6, 6.07) is 0. The molecule has 1 nitrogen and oxygen atoms in total. The van der Waals surface area contributed by atoms with E-state index in [1.807, 2.05) is 39.0 Å². The van der Waals surface area contributed by atoms with Gasteiger partial charge in [0.1, 0.15) is 11.5 Å². The van der Waals surface area contributed by atoms with Crippen molar-refractivity contribution < 1.29 is 4.74 Å². The fourth-order valence-electron chi connectivity index (χ4n) is 2.52.